The molecule has 12 heavy (non-hydrogen) atoms. The molecule has 0 unspecified atom stereocenters. The van der Waals surface area contributed by atoms with Crippen molar-refractivity contribution in [2.45, 2.75) is 26.2 Å². The van der Waals surface area contributed by atoms with Crippen LogP contribution in [0.3, 0.4) is 0 Å². The van der Waals surface area contributed by atoms with E-state index < -0.39 is 0 Å². The Morgan fingerprint density at radius 2 is 2.33 bits per heavy atom. The van der Waals surface area contributed by atoms with E-state index in [0.29, 0.717) is 0 Å². The molecule has 0 spiro atoms. The number of allylic oxidation sites excluding steroid dienone is 1. The lowest BCUT2D eigenvalue weighted by Crippen LogP contribution is -3.00. The van der Waals surface area contributed by atoms with E-state index >= 15 is 0 Å². The van der Waals surface area contributed by atoms with Crippen molar-refractivity contribution in [3.63, 3.8) is 0 Å². The summed E-state index contributed by atoms with van der Waals surface area (Å²) in [5.41, 5.74) is 0. The number of rotatable bonds is 4. The van der Waals surface area contributed by atoms with Crippen LogP contribution in [0.4, 0.5) is 0 Å². The van der Waals surface area contributed by atoms with Crippen molar-refractivity contribution >= 4 is 6.20 Å². The quantitative estimate of drug-likeness (QED) is 0.505. The molecule has 0 saturated heterocycles. The number of aromatic nitrogens is 2. The second-order valence-electron chi connectivity index (χ2n) is 2.59. The number of hydrogen-bond donors (Lipinski definition) is 1. The highest BCUT2D eigenvalue weighted by Gasteiger charge is 1.86. The highest BCUT2D eigenvalue weighted by Crippen LogP contribution is 1.93. The van der Waals surface area contributed by atoms with E-state index in [1.165, 1.54) is 19.3 Å². The van der Waals surface area contributed by atoms with Crippen molar-refractivity contribution in [1.29, 1.82) is 0 Å². The minimum Gasteiger partial charge on any atom is -1.00 e. The SMILES string of the molecule is CCCCC=C[n+]1cc[nH]c1.[Br-]. The van der Waals surface area contributed by atoms with Crippen LogP contribution in [0.2, 0.25) is 0 Å². The Morgan fingerprint density at radius 3 is 2.92 bits per heavy atom. The van der Waals surface area contributed by atoms with E-state index in [0.717, 1.165) is 0 Å². The van der Waals surface area contributed by atoms with Gasteiger partial charge >= 0.3 is 0 Å². The van der Waals surface area contributed by atoms with Crippen molar-refractivity contribution in [2.24, 2.45) is 0 Å². The summed E-state index contributed by atoms with van der Waals surface area (Å²) in [5, 5.41) is 0. The number of nitrogens with one attached hydrogen (secondary N) is 1. The van der Waals surface area contributed by atoms with Gasteiger partial charge in [-0.05, 0) is 18.9 Å². The van der Waals surface area contributed by atoms with E-state index in [1.54, 1.807) is 0 Å². The first-order valence-corrected chi connectivity index (χ1v) is 4.13. The molecule has 0 aliphatic carbocycles. The first kappa shape index (κ1) is 11.4. The van der Waals surface area contributed by atoms with Crippen LogP contribution in [-0.4, -0.2) is 4.98 Å². The van der Waals surface area contributed by atoms with Crippen molar-refractivity contribution in [1.82, 2.24) is 4.98 Å². The van der Waals surface area contributed by atoms with Crippen LogP contribution in [0.15, 0.2) is 24.8 Å². The number of unbranched alkanes of at least 4 members (excludes halogenated alkanes) is 2. The average Bonchev–Trinajstić information content (AvgIpc) is 2.50. The fraction of sp³-hybridized carbons (Fsp3) is 0.444. The fourth-order valence-corrected chi connectivity index (χ4v) is 0.912. The first-order chi connectivity index (χ1) is 5.43. The maximum absolute atomic E-state index is 2.98. The van der Waals surface area contributed by atoms with Crippen molar-refractivity contribution < 1.29 is 21.5 Å². The Hall–Kier alpha value is -0.570. The van der Waals surface area contributed by atoms with Crippen LogP contribution in [0.1, 0.15) is 26.2 Å². The number of hydrogen-bond acceptors (Lipinski definition) is 0. The molecular weight excluding hydrogens is 216 g/mol. The van der Waals surface area contributed by atoms with Crippen molar-refractivity contribution in [2.75, 3.05) is 0 Å². The summed E-state index contributed by atoms with van der Waals surface area (Å²) >= 11 is 0. The minimum absolute atomic E-state index is 0. The molecule has 1 rings (SSSR count). The van der Waals surface area contributed by atoms with E-state index in [1.807, 2.05) is 23.3 Å². The number of nitrogens with zero attached hydrogens (tertiary/aromatic N) is 1. The average molecular weight is 231 g/mol. The van der Waals surface area contributed by atoms with Gasteiger partial charge in [0.05, 0.1) is 6.20 Å². The number of H-pyrrole nitrogens is 1. The van der Waals surface area contributed by atoms with E-state index in [2.05, 4.69) is 24.2 Å². The highest BCUT2D eigenvalue weighted by atomic mass is 79.9. The molecule has 68 valence electrons. The van der Waals surface area contributed by atoms with Crippen LogP contribution in [0.5, 0.6) is 0 Å². The van der Waals surface area contributed by atoms with Gasteiger partial charge in [-0.3, -0.25) is 0 Å². The molecule has 0 aliphatic rings. The molecule has 0 bridgehead atoms. The zero-order chi connectivity index (χ0) is 7.94. The lowest BCUT2D eigenvalue weighted by Gasteiger charge is -1.85. The first-order valence-electron chi connectivity index (χ1n) is 4.13. The molecule has 0 amide bonds. The Morgan fingerprint density at radius 1 is 1.50 bits per heavy atom. The van der Waals surface area contributed by atoms with Crippen LogP contribution in [0, 0.1) is 0 Å². The summed E-state index contributed by atoms with van der Waals surface area (Å²) in [6, 6.07) is 0. The van der Waals surface area contributed by atoms with Gasteiger partial charge in [0.15, 0.2) is 0 Å². The van der Waals surface area contributed by atoms with Gasteiger partial charge in [-0.15, -0.1) is 0 Å². The summed E-state index contributed by atoms with van der Waals surface area (Å²) in [5.74, 6) is 0. The molecule has 2 nitrogen and oxygen atoms in total. The minimum atomic E-state index is 0. The molecule has 1 N–H and O–H groups in total. The second-order valence-corrected chi connectivity index (χ2v) is 2.59. The molecular formula is C9H15BrN2. The molecule has 1 heterocycles. The van der Waals surface area contributed by atoms with E-state index in [-0.39, 0.29) is 17.0 Å². The molecule has 1 aromatic heterocycles. The molecule has 0 saturated carbocycles. The third-order valence-corrected chi connectivity index (χ3v) is 1.57. The monoisotopic (exact) mass is 230 g/mol. The second kappa shape index (κ2) is 7.10. The predicted octanol–water partition coefficient (Wildman–Crippen LogP) is -1.03. The smallest absolute Gasteiger partial charge is 0.246 e. The topological polar surface area (TPSA) is 19.7 Å². The molecule has 1 aromatic rings. The zero-order valence-electron chi connectivity index (χ0n) is 7.33. The largest absolute Gasteiger partial charge is 1.00 e. The Kier molecular flexibility index (Phi) is 6.76. The number of imidazole rings is 1. The van der Waals surface area contributed by atoms with Gasteiger partial charge in [0.25, 0.3) is 0 Å². The predicted molar refractivity (Wildman–Crippen MR) is 45.8 cm³/mol. The van der Waals surface area contributed by atoms with E-state index in [4.69, 9.17) is 0 Å². The third-order valence-electron chi connectivity index (χ3n) is 1.57. The van der Waals surface area contributed by atoms with Gasteiger partial charge in [-0.25, -0.2) is 9.55 Å². The Labute approximate surface area is 84.1 Å². The van der Waals surface area contributed by atoms with Crippen molar-refractivity contribution in [3.05, 3.63) is 24.8 Å². The third kappa shape index (κ3) is 4.34. The normalized spacial score (nSPS) is 10.1. The zero-order valence-corrected chi connectivity index (χ0v) is 8.92. The highest BCUT2D eigenvalue weighted by molar-refractivity contribution is 5.04. The summed E-state index contributed by atoms with van der Waals surface area (Å²) in [6.07, 6.45) is 13.8. The summed E-state index contributed by atoms with van der Waals surface area (Å²) in [4.78, 5) is 2.98. The van der Waals surface area contributed by atoms with Gasteiger partial charge in [-0.1, -0.05) is 13.3 Å². The summed E-state index contributed by atoms with van der Waals surface area (Å²) in [6.45, 7) is 2.21. The van der Waals surface area contributed by atoms with Gasteiger partial charge in [0, 0.05) is 0 Å². The van der Waals surface area contributed by atoms with Crippen LogP contribution in [-0.2, 0) is 0 Å². The van der Waals surface area contributed by atoms with Crippen LogP contribution >= 0.6 is 0 Å². The standard InChI is InChI=1S/C9H14N2.BrH/c1-2-3-4-5-7-11-8-6-10-9-11;/h5-9H,2-4H2,1H3;1H. The van der Waals surface area contributed by atoms with Gasteiger partial charge < -0.3 is 17.0 Å². The molecule has 0 atom stereocenters. The Bertz CT molecular complexity index is 204. The lowest BCUT2D eigenvalue weighted by atomic mass is 10.2. The van der Waals surface area contributed by atoms with E-state index in [9.17, 15) is 0 Å². The maximum Gasteiger partial charge on any atom is 0.246 e. The fourth-order valence-electron chi connectivity index (χ4n) is 0.912. The Balaban J connectivity index is 0.00000121. The van der Waals surface area contributed by atoms with Crippen LogP contribution in [0.25, 0.3) is 6.20 Å². The van der Waals surface area contributed by atoms with Gasteiger partial charge in [-0.2, -0.15) is 0 Å². The molecule has 0 aliphatic heterocycles. The van der Waals surface area contributed by atoms with Gasteiger partial charge in [0.2, 0.25) is 6.33 Å². The molecule has 0 radical (unpaired) electrons. The number of aromatic amines is 1. The van der Waals surface area contributed by atoms with Crippen molar-refractivity contribution in [3.8, 4) is 0 Å². The summed E-state index contributed by atoms with van der Waals surface area (Å²) < 4.78 is 2.01. The maximum atomic E-state index is 2.98. The summed E-state index contributed by atoms with van der Waals surface area (Å²) in [7, 11) is 0. The van der Waals surface area contributed by atoms with Crippen LogP contribution < -0.4 is 21.5 Å². The molecule has 0 fully saturated rings. The molecule has 0 aromatic carbocycles. The lowest BCUT2D eigenvalue weighted by molar-refractivity contribution is -0.566. The number of halogens is 1. The van der Waals surface area contributed by atoms with Gasteiger partial charge in [0.1, 0.15) is 12.4 Å². The molecule has 3 heteroatoms.